The van der Waals surface area contributed by atoms with Crippen molar-refractivity contribution in [3.8, 4) is 0 Å². The summed E-state index contributed by atoms with van der Waals surface area (Å²) < 4.78 is 27.0. The summed E-state index contributed by atoms with van der Waals surface area (Å²) >= 11 is 6.17. The minimum Gasteiger partial charge on any atom is -0.313 e. The molecular weight excluding hydrogens is 308 g/mol. The monoisotopic (exact) mass is 330 g/mol. The van der Waals surface area contributed by atoms with Crippen LogP contribution in [-0.2, 0) is 16.6 Å². The lowest BCUT2D eigenvalue weighted by molar-refractivity contribution is 0.408. The van der Waals surface area contributed by atoms with Crippen LogP contribution in [0.3, 0.4) is 0 Å². The van der Waals surface area contributed by atoms with Gasteiger partial charge < -0.3 is 5.32 Å². The predicted molar refractivity (Wildman–Crippen MR) is 86.0 cm³/mol. The first-order chi connectivity index (χ1) is 9.96. The molecule has 1 aliphatic heterocycles. The molecule has 118 valence electrons. The highest BCUT2D eigenvalue weighted by Gasteiger charge is 2.32. The second kappa shape index (κ2) is 7.09. The Morgan fingerprint density at radius 2 is 2.19 bits per heavy atom. The van der Waals surface area contributed by atoms with Crippen LogP contribution in [0.5, 0.6) is 0 Å². The largest absolute Gasteiger partial charge is 0.313 e. The minimum absolute atomic E-state index is 0.0762. The van der Waals surface area contributed by atoms with Crippen molar-refractivity contribution >= 4 is 21.6 Å². The van der Waals surface area contributed by atoms with Crippen LogP contribution < -0.4 is 5.32 Å². The van der Waals surface area contributed by atoms with Gasteiger partial charge in [0.05, 0.1) is 4.90 Å². The van der Waals surface area contributed by atoms with E-state index >= 15 is 0 Å². The smallest absolute Gasteiger partial charge is 0.243 e. The molecule has 0 spiro atoms. The molecule has 1 atom stereocenters. The van der Waals surface area contributed by atoms with Gasteiger partial charge in [0.25, 0.3) is 0 Å². The zero-order valence-corrected chi connectivity index (χ0v) is 14.2. The third-order valence-electron chi connectivity index (χ3n) is 3.86. The number of sulfonamides is 1. The highest BCUT2D eigenvalue weighted by Crippen LogP contribution is 2.28. The zero-order valence-electron chi connectivity index (χ0n) is 12.6. The maximum Gasteiger partial charge on any atom is 0.243 e. The van der Waals surface area contributed by atoms with Crippen LogP contribution in [0.15, 0.2) is 23.1 Å². The molecule has 1 unspecified atom stereocenters. The Hall–Kier alpha value is -0.620. The summed E-state index contributed by atoms with van der Waals surface area (Å²) in [7, 11) is -3.41. The molecule has 2 rings (SSSR count). The quantitative estimate of drug-likeness (QED) is 0.816. The van der Waals surface area contributed by atoms with Crippen molar-refractivity contribution < 1.29 is 8.42 Å². The molecule has 0 bridgehead atoms. The van der Waals surface area contributed by atoms with Crippen LogP contribution in [0.4, 0.5) is 0 Å². The highest BCUT2D eigenvalue weighted by molar-refractivity contribution is 7.89. The SMILES string of the molecule is CCCNCc1cc(S(=O)(=O)N2CCCC2C)ccc1Cl. The molecule has 1 saturated heterocycles. The zero-order chi connectivity index (χ0) is 15.5. The van der Waals surface area contributed by atoms with E-state index in [1.165, 1.54) is 0 Å². The lowest BCUT2D eigenvalue weighted by atomic mass is 10.2. The van der Waals surface area contributed by atoms with E-state index in [0.717, 1.165) is 31.4 Å². The summed E-state index contributed by atoms with van der Waals surface area (Å²) in [4.78, 5) is 0.342. The van der Waals surface area contributed by atoms with Gasteiger partial charge in [-0.3, -0.25) is 0 Å². The van der Waals surface area contributed by atoms with E-state index in [4.69, 9.17) is 11.6 Å². The van der Waals surface area contributed by atoms with Crippen LogP contribution in [0, 0.1) is 0 Å². The van der Waals surface area contributed by atoms with Gasteiger partial charge in [-0.25, -0.2) is 8.42 Å². The number of rotatable bonds is 6. The Kier molecular flexibility index (Phi) is 5.66. The fraction of sp³-hybridized carbons (Fsp3) is 0.600. The summed E-state index contributed by atoms with van der Waals surface area (Å²) in [5.74, 6) is 0. The van der Waals surface area contributed by atoms with Crippen LogP contribution >= 0.6 is 11.6 Å². The Bertz CT molecular complexity index is 589. The molecule has 6 heteroatoms. The second-order valence-corrected chi connectivity index (χ2v) is 7.83. The molecule has 4 nitrogen and oxygen atoms in total. The summed E-state index contributed by atoms with van der Waals surface area (Å²) in [6.45, 7) is 6.13. The van der Waals surface area contributed by atoms with Gasteiger partial charge in [-0.1, -0.05) is 18.5 Å². The number of hydrogen-bond donors (Lipinski definition) is 1. The normalized spacial score (nSPS) is 20.0. The van der Waals surface area contributed by atoms with Gasteiger partial charge in [-0.05, 0) is 56.5 Å². The molecular formula is C15H23ClN2O2S. The maximum atomic E-state index is 12.7. The Labute approximate surface area is 132 Å². The molecule has 0 aromatic heterocycles. The Morgan fingerprint density at radius 1 is 1.43 bits per heavy atom. The predicted octanol–water partition coefficient (Wildman–Crippen LogP) is 3.01. The molecule has 1 N–H and O–H groups in total. The van der Waals surface area contributed by atoms with Crippen molar-refractivity contribution in [2.75, 3.05) is 13.1 Å². The third kappa shape index (κ3) is 3.77. The minimum atomic E-state index is -3.41. The Balaban J connectivity index is 2.25. The first kappa shape index (κ1) is 16.7. The van der Waals surface area contributed by atoms with Crippen LogP contribution in [-0.4, -0.2) is 31.9 Å². The van der Waals surface area contributed by atoms with Crippen LogP contribution in [0.2, 0.25) is 5.02 Å². The van der Waals surface area contributed by atoms with Gasteiger partial charge in [-0.15, -0.1) is 0 Å². The van der Waals surface area contributed by atoms with Gasteiger partial charge in [0.1, 0.15) is 0 Å². The molecule has 1 aromatic carbocycles. The fourth-order valence-electron chi connectivity index (χ4n) is 2.65. The van der Waals surface area contributed by atoms with Crippen LogP contribution in [0.25, 0.3) is 0 Å². The lowest BCUT2D eigenvalue weighted by Crippen LogP contribution is -2.33. The molecule has 1 aliphatic rings. The van der Waals surface area contributed by atoms with Gasteiger partial charge in [0, 0.05) is 24.2 Å². The molecule has 1 fully saturated rings. The molecule has 0 aliphatic carbocycles. The molecule has 0 amide bonds. The number of nitrogens with one attached hydrogen (secondary N) is 1. The first-order valence-corrected chi connectivity index (χ1v) is 9.29. The van der Waals surface area contributed by atoms with Crippen molar-refractivity contribution in [1.82, 2.24) is 9.62 Å². The van der Waals surface area contributed by atoms with Gasteiger partial charge >= 0.3 is 0 Å². The van der Waals surface area contributed by atoms with E-state index in [1.807, 2.05) is 6.92 Å². The average molecular weight is 331 g/mol. The number of benzene rings is 1. The third-order valence-corrected chi connectivity index (χ3v) is 6.24. The summed E-state index contributed by atoms with van der Waals surface area (Å²) in [6, 6.07) is 5.06. The lowest BCUT2D eigenvalue weighted by Gasteiger charge is -2.21. The molecule has 1 aromatic rings. The molecule has 1 heterocycles. The maximum absolute atomic E-state index is 12.7. The van der Waals surface area contributed by atoms with Gasteiger partial charge in [-0.2, -0.15) is 4.31 Å². The van der Waals surface area contributed by atoms with Crippen LogP contribution in [0.1, 0.15) is 38.7 Å². The van der Waals surface area contributed by atoms with Gasteiger partial charge in [0.15, 0.2) is 0 Å². The van der Waals surface area contributed by atoms with E-state index in [2.05, 4.69) is 12.2 Å². The highest BCUT2D eigenvalue weighted by atomic mass is 35.5. The van der Waals surface area contributed by atoms with Crippen molar-refractivity contribution in [1.29, 1.82) is 0 Å². The summed E-state index contributed by atoms with van der Waals surface area (Å²) in [5.41, 5.74) is 0.832. The van der Waals surface area contributed by atoms with Crippen molar-refractivity contribution in [2.24, 2.45) is 0 Å². The second-order valence-electron chi connectivity index (χ2n) is 5.54. The Morgan fingerprint density at radius 3 is 2.81 bits per heavy atom. The first-order valence-electron chi connectivity index (χ1n) is 7.47. The van der Waals surface area contributed by atoms with Crippen molar-refractivity contribution in [2.45, 2.75) is 50.6 Å². The molecule has 0 saturated carbocycles. The average Bonchev–Trinajstić information content (AvgIpc) is 2.88. The van der Waals surface area contributed by atoms with E-state index in [1.54, 1.807) is 22.5 Å². The summed E-state index contributed by atoms with van der Waals surface area (Å²) in [6.07, 6.45) is 2.89. The number of nitrogens with zero attached hydrogens (tertiary/aromatic N) is 1. The summed E-state index contributed by atoms with van der Waals surface area (Å²) in [5, 5.41) is 3.86. The van der Waals surface area contributed by atoms with Crippen molar-refractivity contribution in [3.63, 3.8) is 0 Å². The van der Waals surface area contributed by atoms with E-state index in [0.29, 0.717) is 23.0 Å². The number of hydrogen-bond acceptors (Lipinski definition) is 3. The van der Waals surface area contributed by atoms with Gasteiger partial charge in [0.2, 0.25) is 10.0 Å². The molecule has 21 heavy (non-hydrogen) atoms. The van der Waals surface area contributed by atoms with E-state index < -0.39 is 10.0 Å². The number of halogens is 1. The van der Waals surface area contributed by atoms with E-state index in [9.17, 15) is 8.42 Å². The standard InChI is InChI=1S/C15H23ClN2O2S/c1-3-8-17-11-13-10-14(6-7-15(13)16)21(19,20)18-9-4-5-12(18)2/h6-7,10,12,17H,3-5,8-9,11H2,1-2H3. The fourth-order valence-corrected chi connectivity index (χ4v) is 4.58. The topological polar surface area (TPSA) is 49.4 Å². The van der Waals surface area contributed by atoms with Crippen molar-refractivity contribution in [3.05, 3.63) is 28.8 Å². The van der Waals surface area contributed by atoms with E-state index in [-0.39, 0.29) is 6.04 Å². The molecule has 0 radical (unpaired) electrons.